The van der Waals surface area contributed by atoms with Crippen molar-refractivity contribution in [1.29, 1.82) is 0 Å². The van der Waals surface area contributed by atoms with E-state index in [9.17, 15) is 4.79 Å². The third-order valence-electron chi connectivity index (χ3n) is 4.00. The number of benzene rings is 1. The monoisotopic (exact) mass is 306 g/mol. The third kappa shape index (κ3) is 4.45. The first kappa shape index (κ1) is 16.8. The largest absolute Gasteiger partial charge is 0.497 e. The molecule has 122 valence electrons. The van der Waals surface area contributed by atoms with Crippen molar-refractivity contribution in [2.24, 2.45) is 0 Å². The van der Waals surface area contributed by atoms with Gasteiger partial charge in [-0.15, -0.1) is 0 Å². The lowest BCUT2D eigenvalue weighted by molar-refractivity contribution is -0.131. The maximum Gasteiger partial charge on any atom is 0.237 e. The highest BCUT2D eigenvalue weighted by atomic mass is 16.5. The molecule has 0 spiro atoms. The third-order valence-corrected chi connectivity index (χ3v) is 4.00. The summed E-state index contributed by atoms with van der Waals surface area (Å²) >= 11 is 0. The molecule has 1 fully saturated rings. The molecule has 0 aromatic heterocycles. The Kier molecular flexibility index (Phi) is 5.80. The van der Waals surface area contributed by atoms with Crippen LogP contribution in [-0.4, -0.2) is 49.3 Å². The van der Waals surface area contributed by atoms with Crippen LogP contribution in [0.2, 0.25) is 0 Å². The van der Waals surface area contributed by atoms with Gasteiger partial charge in [0.25, 0.3) is 0 Å². The molecule has 3 atom stereocenters. The van der Waals surface area contributed by atoms with E-state index in [2.05, 4.69) is 10.2 Å². The fraction of sp³-hybridized carbons (Fsp3) is 0.588. The lowest BCUT2D eigenvalue weighted by atomic mass is 10.1. The predicted octanol–water partition coefficient (Wildman–Crippen LogP) is 1.81. The number of hydrogen-bond donors (Lipinski definition) is 1. The van der Waals surface area contributed by atoms with E-state index in [0.29, 0.717) is 6.54 Å². The number of ether oxygens (including phenoxy) is 2. The van der Waals surface area contributed by atoms with E-state index in [0.717, 1.165) is 24.4 Å². The van der Waals surface area contributed by atoms with E-state index < -0.39 is 0 Å². The summed E-state index contributed by atoms with van der Waals surface area (Å²) in [7, 11) is 1.64. The van der Waals surface area contributed by atoms with Gasteiger partial charge in [-0.05, 0) is 38.5 Å². The summed E-state index contributed by atoms with van der Waals surface area (Å²) in [5.41, 5.74) is 1.06. The van der Waals surface area contributed by atoms with Crippen LogP contribution in [0.5, 0.6) is 5.75 Å². The molecule has 1 saturated heterocycles. The molecule has 2 rings (SSSR count). The Bertz CT molecular complexity index is 479. The summed E-state index contributed by atoms with van der Waals surface area (Å²) in [6, 6.07) is 7.57. The second-order valence-corrected chi connectivity index (χ2v) is 5.95. The number of methoxy groups -OCH3 is 1. The lowest BCUT2D eigenvalue weighted by Gasteiger charge is -2.38. The molecule has 1 aromatic rings. The van der Waals surface area contributed by atoms with E-state index in [-0.39, 0.29) is 24.2 Å². The van der Waals surface area contributed by atoms with Gasteiger partial charge in [-0.25, -0.2) is 0 Å². The molecule has 1 heterocycles. The first-order valence-electron chi connectivity index (χ1n) is 7.79. The molecule has 22 heavy (non-hydrogen) atoms. The molecular weight excluding hydrogens is 280 g/mol. The van der Waals surface area contributed by atoms with Crippen LogP contribution < -0.4 is 10.1 Å². The molecule has 1 aliphatic heterocycles. The van der Waals surface area contributed by atoms with E-state index in [1.54, 1.807) is 7.11 Å². The SMILES string of the molecule is COc1ccc(CNC(=O)[C@H](C)N2C[C@@H](C)O[C@@H](C)C2)cc1. The number of amides is 1. The highest BCUT2D eigenvalue weighted by Crippen LogP contribution is 2.14. The van der Waals surface area contributed by atoms with Gasteiger partial charge >= 0.3 is 0 Å². The summed E-state index contributed by atoms with van der Waals surface area (Å²) in [6.07, 6.45) is 0.334. The highest BCUT2D eigenvalue weighted by molar-refractivity contribution is 5.81. The minimum Gasteiger partial charge on any atom is -0.497 e. The van der Waals surface area contributed by atoms with Crippen molar-refractivity contribution in [3.05, 3.63) is 29.8 Å². The average Bonchev–Trinajstić information content (AvgIpc) is 2.51. The van der Waals surface area contributed by atoms with Crippen molar-refractivity contribution in [3.8, 4) is 5.75 Å². The predicted molar refractivity (Wildman–Crippen MR) is 85.9 cm³/mol. The number of hydrogen-bond acceptors (Lipinski definition) is 4. The van der Waals surface area contributed by atoms with Crippen molar-refractivity contribution in [2.45, 2.75) is 45.6 Å². The van der Waals surface area contributed by atoms with Gasteiger partial charge in [0.15, 0.2) is 0 Å². The van der Waals surface area contributed by atoms with Gasteiger partial charge in [-0.1, -0.05) is 12.1 Å². The van der Waals surface area contributed by atoms with Gasteiger partial charge in [0, 0.05) is 19.6 Å². The lowest BCUT2D eigenvalue weighted by Crippen LogP contribution is -2.53. The molecule has 0 unspecified atom stereocenters. The Balaban J connectivity index is 1.85. The number of morpholine rings is 1. The smallest absolute Gasteiger partial charge is 0.237 e. The van der Waals surface area contributed by atoms with Crippen LogP contribution in [0.15, 0.2) is 24.3 Å². The maximum atomic E-state index is 12.3. The molecule has 5 heteroatoms. The number of nitrogens with one attached hydrogen (secondary N) is 1. The zero-order chi connectivity index (χ0) is 16.1. The zero-order valence-electron chi connectivity index (χ0n) is 13.8. The number of carbonyl (C=O) groups excluding carboxylic acids is 1. The number of carbonyl (C=O) groups is 1. The molecule has 1 amide bonds. The molecule has 0 radical (unpaired) electrons. The van der Waals surface area contributed by atoms with Gasteiger partial charge in [-0.3, -0.25) is 9.69 Å². The van der Waals surface area contributed by atoms with Gasteiger partial charge in [0.2, 0.25) is 5.91 Å². The van der Waals surface area contributed by atoms with Crippen molar-refractivity contribution in [2.75, 3.05) is 20.2 Å². The summed E-state index contributed by atoms with van der Waals surface area (Å²) in [5.74, 6) is 0.872. The molecule has 1 N–H and O–H groups in total. The van der Waals surface area contributed by atoms with Crippen LogP contribution in [-0.2, 0) is 16.1 Å². The summed E-state index contributed by atoms with van der Waals surface area (Å²) in [5, 5.41) is 3.00. The maximum absolute atomic E-state index is 12.3. The fourth-order valence-electron chi connectivity index (χ4n) is 2.78. The normalized spacial score (nSPS) is 23.8. The first-order valence-corrected chi connectivity index (χ1v) is 7.79. The summed E-state index contributed by atoms with van der Waals surface area (Å²) in [6.45, 7) is 8.16. The zero-order valence-corrected chi connectivity index (χ0v) is 13.8. The van der Waals surface area contributed by atoms with Crippen LogP contribution in [0.1, 0.15) is 26.3 Å². The second-order valence-electron chi connectivity index (χ2n) is 5.95. The van der Waals surface area contributed by atoms with Gasteiger partial charge < -0.3 is 14.8 Å². The molecular formula is C17H26N2O3. The van der Waals surface area contributed by atoms with Crippen LogP contribution >= 0.6 is 0 Å². The Morgan fingerprint density at radius 1 is 1.32 bits per heavy atom. The van der Waals surface area contributed by atoms with Crippen molar-refractivity contribution in [1.82, 2.24) is 10.2 Å². The van der Waals surface area contributed by atoms with E-state index in [1.807, 2.05) is 45.0 Å². The molecule has 0 aliphatic carbocycles. The molecule has 0 bridgehead atoms. The molecule has 0 saturated carbocycles. The topological polar surface area (TPSA) is 50.8 Å². The van der Waals surface area contributed by atoms with E-state index in [1.165, 1.54) is 0 Å². The Morgan fingerprint density at radius 3 is 2.45 bits per heavy atom. The van der Waals surface area contributed by atoms with E-state index in [4.69, 9.17) is 9.47 Å². The Hall–Kier alpha value is -1.59. The quantitative estimate of drug-likeness (QED) is 0.901. The van der Waals surface area contributed by atoms with Crippen LogP contribution in [0, 0.1) is 0 Å². The van der Waals surface area contributed by atoms with Crippen LogP contribution in [0.3, 0.4) is 0 Å². The molecule has 5 nitrogen and oxygen atoms in total. The highest BCUT2D eigenvalue weighted by Gasteiger charge is 2.29. The van der Waals surface area contributed by atoms with Crippen molar-refractivity contribution < 1.29 is 14.3 Å². The number of nitrogens with zero attached hydrogens (tertiary/aromatic N) is 1. The first-order chi connectivity index (χ1) is 10.5. The average molecular weight is 306 g/mol. The van der Waals surface area contributed by atoms with Crippen molar-refractivity contribution >= 4 is 5.91 Å². The molecule has 1 aromatic carbocycles. The van der Waals surface area contributed by atoms with Gasteiger partial charge in [0.1, 0.15) is 5.75 Å². The Morgan fingerprint density at radius 2 is 1.91 bits per heavy atom. The molecule has 1 aliphatic rings. The van der Waals surface area contributed by atoms with Gasteiger partial charge in [0.05, 0.1) is 25.4 Å². The Labute approximate surface area is 132 Å². The van der Waals surface area contributed by atoms with E-state index >= 15 is 0 Å². The minimum atomic E-state index is -0.146. The van der Waals surface area contributed by atoms with Crippen LogP contribution in [0.4, 0.5) is 0 Å². The van der Waals surface area contributed by atoms with Crippen molar-refractivity contribution in [3.63, 3.8) is 0 Å². The van der Waals surface area contributed by atoms with Gasteiger partial charge in [-0.2, -0.15) is 0 Å². The minimum absolute atomic E-state index is 0.0529. The number of rotatable bonds is 5. The fourth-order valence-corrected chi connectivity index (χ4v) is 2.78. The van der Waals surface area contributed by atoms with Crippen LogP contribution in [0.25, 0.3) is 0 Å². The standard InChI is InChI=1S/C17H26N2O3/c1-12-10-19(11-13(2)22-12)14(3)17(20)18-9-15-5-7-16(21-4)8-6-15/h5-8,12-14H,9-11H2,1-4H3,(H,18,20)/t12-,13+,14-/m0/s1. The summed E-state index contributed by atoms with van der Waals surface area (Å²) < 4.78 is 10.8. The summed E-state index contributed by atoms with van der Waals surface area (Å²) in [4.78, 5) is 14.5. The second kappa shape index (κ2) is 7.61.